The molecule has 0 fully saturated rings. The Morgan fingerprint density at radius 1 is 0.966 bits per heavy atom. The van der Waals surface area contributed by atoms with Crippen LogP contribution in [0, 0.1) is 0 Å². The van der Waals surface area contributed by atoms with E-state index in [2.05, 4.69) is 5.32 Å². The molecule has 0 bridgehead atoms. The molecule has 29 heavy (non-hydrogen) atoms. The van der Waals surface area contributed by atoms with E-state index >= 15 is 0 Å². The highest BCUT2D eigenvalue weighted by atomic mass is 32.1. The number of aromatic nitrogens is 1. The molecule has 2 aromatic carbocycles. The van der Waals surface area contributed by atoms with Crippen molar-refractivity contribution in [1.82, 2.24) is 9.88 Å². The number of thiophene rings is 1. The lowest BCUT2D eigenvalue weighted by Crippen LogP contribution is -2.26. The van der Waals surface area contributed by atoms with Gasteiger partial charge in [-0.1, -0.05) is 42.5 Å². The highest BCUT2D eigenvalue weighted by Crippen LogP contribution is 2.22. The van der Waals surface area contributed by atoms with Gasteiger partial charge in [0, 0.05) is 27.5 Å². The van der Waals surface area contributed by atoms with Crippen LogP contribution in [0.25, 0.3) is 10.9 Å². The number of amides is 1. The number of nitrogens with zero attached hydrogens (tertiary/aromatic N) is 1. The summed E-state index contributed by atoms with van der Waals surface area (Å²) in [6.45, 7) is 0.605. The van der Waals surface area contributed by atoms with Crippen molar-refractivity contribution in [2.24, 2.45) is 0 Å². The molecular formula is C23H20N2O3S. The highest BCUT2D eigenvalue weighted by molar-refractivity contribution is 7.09. The molecule has 0 aliphatic rings. The van der Waals surface area contributed by atoms with Crippen LogP contribution in [-0.2, 0) is 17.9 Å². The minimum absolute atomic E-state index is 0.0530. The monoisotopic (exact) mass is 404 g/mol. The van der Waals surface area contributed by atoms with E-state index in [4.69, 9.17) is 4.74 Å². The van der Waals surface area contributed by atoms with Gasteiger partial charge in [-0.3, -0.25) is 9.59 Å². The SMILES string of the molecule is O=C(Cn1cc(C(=O)COc2ccccc2)c2ccccc21)NCc1cccs1. The molecule has 6 heteroatoms. The molecule has 0 aliphatic carbocycles. The van der Waals surface area contributed by atoms with E-state index in [0.29, 0.717) is 17.9 Å². The van der Waals surface area contributed by atoms with Gasteiger partial charge in [0.15, 0.2) is 6.61 Å². The first kappa shape index (κ1) is 19.0. The molecule has 1 N–H and O–H groups in total. The van der Waals surface area contributed by atoms with E-state index in [-0.39, 0.29) is 24.8 Å². The van der Waals surface area contributed by atoms with Crippen LogP contribution in [0.4, 0.5) is 0 Å². The first-order valence-corrected chi connectivity index (χ1v) is 10.2. The van der Waals surface area contributed by atoms with Gasteiger partial charge in [-0.25, -0.2) is 0 Å². The lowest BCUT2D eigenvalue weighted by molar-refractivity contribution is -0.121. The molecule has 0 spiro atoms. The van der Waals surface area contributed by atoms with E-state index in [9.17, 15) is 9.59 Å². The number of carbonyl (C=O) groups excluding carboxylic acids is 2. The topological polar surface area (TPSA) is 60.3 Å². The molecule has 4 rings (SSSR count). The van der Waals surface area contributed by atoms with E-state index in [1.165, 1.54) is 0 Å². The number of fused-ring (bicyclic) bond motifs is 1. The minimum atomic E-state index is -0.122. The van der Waals surface area contributed by atoms with Gasteiger partial charge in [0.05, 0.1) is 6.54 Å². The van der Waals surface area contributed by atoms with E-state index in [0.717, 1.165) is 15.8 Å². The zero-order chi connectivity index (χ0) is 20.1. The third-order valence-corrected chi connectivity index (χ3v) is 5.43. The molecular weight excluding hydrogens is 384 g/mol. The summed E-state index contributed by atoms with van der Waals surface area (Å²) in [4.78, 5) is 26.3. The number of para-hydroxylation sites is 2. The van der Waals surface area contributed by atoms with Gasteiger partial charge in [-0.2, -0.15) is 0 Å². The maximum atomic E-state index is 12.8. The first-order valence-electron chi connectivity index (χ1n) is 9.29. The van der Waals surface area contributed by atoms with Crippen molar-refractivity contribution < 1.29 is 14.3 Å². The minimum Gasteiger partial charge on any atom is -0.485 e. The van der Waals surface area contributed by atoms with Crippen LogP contribution in [0.5, 0.6) is 5.75 Å². The number of carbonyl (C=O) groups is 2. The molecule has 2 heterocycles. The zero-order valence-corrected chi connectivity index (χ0v) is 16.5. The van der Waals surface area contributed by atoms with E-state index < -0.39 is 0 Å². The molecule has 0 radical (unpaired) electrons. The number of ketones is 1. The molecule has 0 unspecified atom stereocenters. The summed E-state index contributed by atoms with van der Waals surface area (Å²) in [6.07, 6.45) is 1.74. The zero-order valence-electron chi connectivity index (χ0n) is 15.7. The summed E-state index contributed by atoms with van der Waals surface area (Å²) >= 11 is 1.61. The molecule has 5 nitrogen and oxygen atoms in total. The standard InChI is InChI=1S/C23H20N2O3S/c26-22(16-28-17-7-2-1-3-8-17)20-14-25(21-11-5-4-10-19(20)21)15-23(27)24-13-18-9-6-12-29-18/h1-12,14H,13,15-16H2,(H,24,27). The van der Waals surface area contributed by atoms with Crippen molar-refractivity contribution in [2.45, 2.75) is 13.1 Å². The van der Waals surface area contributed by atoms with Crippen LogP contribution < -0.4 is 10.1 Å². The summed E-state index contributed by atoms with van der Waals surface area (Å²) < 4.78 is 7.42. The van der Waals surface area contributed by atoms with Gasteiger partial charge in [-0.05, 0) is 29.6 Å². The third kappa shape index (κ3) is 4.55. The molecule has 146 valence electrons. The van der Waals surface area contributed by atoms with Gasteiger partial charge in [0.2, 0.25) is 11.7 Å². The maximum Gasteiger partial charge on any atom is 0.240 e. The Kier molecular flexibility index (Phi) is 5.72. The number of nitrogens with one attached hydrogen (secondary N) is 1. The molecule has 1 amide bonds. The summed E-state index contributed by atoms with van der Waals surface area (Å²) in [6, 6.07) is 20.8. The second-order valence-corrected chi connectivity index (χ2v) is 7.60. The normalized spacial score (nSPS) is 10.8. The van der Waals surface area contributed by atoms with Gasteiger partial charge in [0.25, 0.3) is 0 Å². The second-order valence-electron chi connectivity index (χ2n) is 6.57. The average Bonchev–Trinajstić information content (AvgIpc) is 3.40. The molecule has 0 saturated carbocycles. The van der Waals surface area contributed by atoms with Crippen molar-refractivity contribution >= 4 is 33.9 Å². The first-order chi connectivity index (χ1) is 14.2. The van der Waals surface area contributed by atoms with Gasteiger partial charge >= 0.3 is 0 Å². The summed E-state index contributed by atoms with van der Waals surface area (Å²) in [5.74, 6) is 0.430. The Bertz CT molecular complexity index is 1120. The predicted molar refractivity (Wildman–Crippen MR) is 114 cm³/mol. The quantitative estimate of drug-likeness (QED) is 0.446. The molecule has 0 atom stereocenters. The fraction of sp³-hybridized carbons (Fsp3) is 0.130. The number of Topliss-reactive ketones (excluding diaryl/α,β-unsaturated/α-hetero) is 1. The summed E-state index contributed by atoms with van der Waals surface area (Å²) in [7, 11) is 0. The number of rotatable bonds is 8. The largest absolute Gasteiger partial charge is 0.485 e. The van der Waals surface area contributed by atoms with Crippen LogP contribution >= 0.6 is 11.3 Å². The summed E-state index contributed by atoms with van der Waals surface area (Å²) in [5, 5.41) is 5.73. The fourth-order valence-corrected chi connectivity index (χ4v) is 3.80. The van der Waals surface area contributed by atoms with Crippen LogP contribution in [-0.4, -0.2) is 22.9 Å². The smallest absolute Gasteiger partial charge is 0.240 e. The number of hydrogen-bond donors (Lipinski definition) is 1. The number of ether oxygens (including phenoxy) is 1. The van der Waals surface area contributed by atoms with Crippen molar-refractivity contribution in [2.75, 3.05) is 6.61 Å². The Balaban J connectivity index is 1.48. The molecule has 4 aromatic rings. The lowest BCUT2D eigenvalue weighted by atomic mass is 10.1. The maximum absolute atomic E-state index is 12.8. The van der Waals surface area contributed by atoms with Gasteiger partial charge in [-0.15, -0.1) is 11.3 Å². The van der Waals surface area contributed by atoms with Gasteiger partial charge in [0.1, 0.15) is 12.3 Å². The van der Waals surface area contributed by atoms with E-state index in [1.807, 2.05) is 76.7 Å². The molecule has 2 aromatic heterocycles. The van der Waals surface area contributed by atoms with Gasteiger partial charge < -0.3 is 14.6 Å². The fourth-order valence-electron chi connectivity index (χ4n) is 3.15. The van der Waals surface area contributed by atoms with E-state index in [1.54, 1.807) is 17.5 Å². The Morgan fingerprint density at radius 3 is 2.55 bits per heavy atom. The van der Waals surface area contributed by atoms with Crippen molar-refractivity contribution in [3.63, 3.8) is 0 Å². The Hall–Kier alpha value is -3.38. The van der Waals surface area contributed by atoms with Crippen LogP contribution in [0.2, 0.25) is 0 Å². The summed E-state index contributed by atoms with van der Waals surface area (Å²) in [5.41, 5.74) is 1.41. The van der Waals surface area contributed by atoms with Crippen molar-refractivity contribution in [3.8, 4) is 5.75 Å². The molecule has 0 saturated heterocycles. The number of benzene rings is 2. The second kappa shape index (κ2) is 8.75. The van der Waals surface area contributed by atoms with Crippen molar-refractivity contribution in [1.29, 1.82) is 0 Å². The van der Waals surface area contributed by atoms with Crippen LogP contribution in [0.3, 0.4) is 0 Å². The predicted octanol–water partition coefficient (Wildman–Crippen LogP) is 4.28. The lowest BCUT2D eigenvalue weighted by Gasteiger charge is -2.06. The Labute approximate surface area is 172 Å². The molecule has 0 aliphatic heterocycles. The third-order valence-electron chi connectivity index (χ3n) is 4.56. The van der Waals surface area contributed by atoms with Crippen LogP contribution in [0.15, 0.2) is 78.3 Å². The van der Waals surface area contributed by atoms with Crippen molar-refractivity contribution in [3.05, 3.63) is 88.7 Å². The average molecular weight is 404 g/mol. The number of hydrogen-bond acceptors (Lipinski definition) is 4. The highest BCUT2D eigenvalue weighted by Gasteiger charge is 2.17. The van der Waals surface area contributed by atoms with Crippen LogP contribution in [0.1, 0.15) is 15.2 Å². The Morgan fingerprint density at radius 2 is 1.76 bits per heavy atom.